The van der Waals surface area contributed by atoms with E-state index in [1.807, 2.05) is 31.2 Å². The predicted octanol–water partition coefficient (Wildman–Crippen LogP) is 3.54. The van der Waals surface area contributed by atoms with Crippen molar-refractivity contribution in [2.45, 2.75) is 13.5 Å². The van der Waals surface area contributed by atoms with Gasteiger partial charge in [0.1, 0.15) is 12.4 Å². The summed E-state index contributed by atoms with van der Waals surface area (Å²) in [6, 6.07) is 11.1. The highest BCUT2D eigenvalue weighted by Crippen LogP contribution is 2.28. The SMILES string of the molecule is Cc1cccc(COc2c(Br)cccc2C=O)n1. The summed E-state index contributed by atoms with van der Waals surface area (Å²) in [6.07, 6.45) is 0.782. The summed E-state index contributed by atoms with van der Waals surface area (Å²) in [7, 11) is 0. The van der Waals surface area contributed by atoms with Crippen LogP contribution in [0.1, 0.15) is 21.7 Å². The van der Waals surface area contributed by atoms with Gasteiger partial charge < -0.3 is 4.74 Å². The monoisotopic (exact) mass is 305 g/mol. The zero-order valence-corrected chi connectivity index (χ0v) is 11.5. The van der Waals surface area contributed by atoms with Crippen molar-refractivity contribution in [2.75, 3.05) is 0 Å². The van der Waals surface area contributed by atoms with Gasteiger partial charge in [-0.3, -0.25) is 9.78 Å². The minimum absolute atomic E-state index is 0.338. The Morgan fingerprint density at radius 3 is 2.78 bits per heavy atom. The van der Waals surface area contributed by atoms with Gasteiger partial charge in [0.2, 0.25) is 0 Å². The van der Waals surface area contributed by atoms with Crippen molar-refractivity contribution >= 4 is 22.2 Å². The van der Waals surface area contributed by atoms with Crippen LogP contribution in [0.5, 0.6) is 5.75 Å². The zero-order valence-electron chi connectivity index (χ0n) is 9.89. The third-order valence-corrected chi connectivity index (χ3v) is 3.06. The van der Waals surface area contributed by atoms with E-state index in [4.69, 9.17) is 4.74 Å². The average Bonchev–Trinajstić information content (AvgIpc) is 2.37. The van der Waals surface area contributed by atoms with Crippen LogP contribution in [0.2, 0.25) is 0 Å². The van der Waals surface area contributed by atoms with Gasteiger partial charge in [-0.2, -0.15) is 0 Å². The van der Waals surface area contributed by atoms with Crippen LogP contribution >= 0.6 is 15.9 Å². The molecule has 0 atom stereocenters. The van der Waals surface area contributed by atoms with Crippen molar-refractivity contribution in [3.05, 3.63) is 57.8 Å². The number of hydrogen-bond acceptors (Lipinski definition) is 3. The molecule has 1 heterocycles. The van der Waals surface area contributed by atoms with Gasteiger partial charge in [0.15, 0.2) is 6.29 Å². The highest BCUT2D eigenvalue weighted by molar-refractivity contribution is 9.10. The standard InChI is InChI=1S/C14H12BrNO2/c1-10-4-2-6-12(16-10)9-18-14-11(8-17)5-3-7-13(14)15/h2-8H,9H2,1H3. The van der Waals surface area contributed by atoms with Gasteiger partial charge in [0.05, 0.1) is 15.7 Å². The van der Waals surface area contributed by atoms with E-state index in [9.17, 15) is 4.79 Å². The number of carbonyl (C=O) groups excluding carboxylic acids is 1. The Morgan fingerprint density at radius 2 is 2.06 bits per heavy atom. The highest BCUT2D eigenvalue weighted by Gasteiger charge is 2.07. The second-order valence-corrected chi connectivity index (χ2v) is 4.69. The van der Waals surface area contributed by atoms with Crippen LogP contribution < -0.4 is 4.74 Å². The fourth-order valence-electron chi connectivity index (χ4n) is 1.60. The van der Waals surface area contributed by atoms with Crippen molar-refractivity contribution < 1.29 is 9.53 Å². The first kappa shape index (κ1) is 12.8. The number of aldehydes is 1. The first-order chi connectivity index (χ1) is 8.70. The second kappa shape index (κ2) is 5.78. The number of aryl methyl sites for hydroxylation is 1. The van der Waals surface area contributed by atoms with Crippen LogP contribution in [-0.2, 0) is 6.61 Å². The topological polar surface area (TPSA) is 39.2 Å². The Hall–Kier alpha value is -1.68. The van der Waals surface area contributed by atoms with Crippen molar-refractivity contribution in [1.82, 2.24) is 4.98 Å². The van der Waals surface area contributed by atoms with Gasteiger partial charge in [-0.25, -0.2) is 0 Å². The number of carbonyl (C=O) groups is 1. The Kier molecular flexibility index (Phi) is 4.10. The lowest BCUT2D eigenvalue weighted by Crippen LogP contribution is -2.01. The lowest BCUT2D eigenvalue weighted by Gasteiger charge is -2.10. The van der Waals surface area contributed by atoms with Gasteiger partial charge >= 0.3 is 0 Å². The average molecular weight is 306 g/mol. The van der Waals surface area contributed by atoms with Crippen molar-refractivity contribution in [3.8, 4) is 5.75 Å². The summed E-state index contributed by atoms with van der Waals surface area (Å²) in [4.78, 5) is 15.3. The van der Waals surface area contributed by atoms with E-state index in [0.717, 1.165) is 22.1 Å². The van der Waals surface area contributed by atoms with Gasteiger partial charge in [0.25, 0.3) is 0 Å². The first-order valence-corrected chi connectivity index (χ1v) is 6.29. The van der Waals surface area contributed by atoms with E-state index in [-0.39, 0.29) is 0 Å². The molecule has 0 saturated carbocycles. The molecule has 0 N–H and O–H groups in total. The summed E-state index contributed by atoms with van der Waals surface area (Å²) in [5, 5.41) is 0. The van der Waals surface area contributed by atoms with E-state index >= 15 is 0 Å². The number of benzene rings is 1. The molecule has 0 amide bonds. The zero-order chi connectivity index (χ0) is 13.0. The van der Waals surface area contributed by atoms with E-state index in [2.05, 4.69) is 20.9 Å². The first-order valence-electron chi connectivity index (χ1n) is 5.49. The number of nitrogens with zero attached hydrogens (tertiary/aromatic N) is 1. The van der Waals surface area contributed by atoms with Crippen LogP contribution in [0.25, 0.3) is 0 Å². The second-order valence-electron chi connectivity index (χ2n) is 3.84. The molecule has 0 aliphatic rings. The molecule has 0 aliphatic carbocycles. The Labute approximate surface area is 114 Å². The third kappa shape index (κ3) is 2.96. The van der Waals surface area contributed by atoms with Gasteiger partial charge in [-0.15, -0.1) is 0 Å². The van der Waals surface area contributed by atoms with E-state index in [0.29, 0.717) is 17.9 Å². The summed E-state index contributed by atoms with van der Waals surface area (Å²) in [5.41, 5.74) is 2.30. The number of rotatable bonds is 4. The number of hydrogen-bond donors (Lipinski definition) is 0. The molecule has 2 rings (SSSR count). The lowest BCUT2D eigenvalue weighted by molar-refractivity contribution is 0.111. The molecule has 0 fully saturated rings. The summed E-state index contributed by atoms with van der Waals surface area (Å²) >= 11 is 3.37. The maximum Gasteiger partial charge on any atom is 0.153 e. The molecule has 0 spiro atoms. The minimum atomic E-state index is 0.338. The van der Waals surface area contributed by atoms with Crippen LogP contribution in [-0.4, -0.2) is 11.3 Å². The number of halogens is 1. The minimum Gasteiger partial charge on any atom is -0.485 e. The van der Waals surface area contributed by atoms with Crippen LogP contribution in [0.4, 0.5) is 0 Å². The van der Waals surface area contributed by atoms with Crippen LogP contribution in [0.15, 0.2) is 40.9 Å². The summed E-state index contributed by atoms with van der Waals surface area (Å²) in [5.74, 6) is 0.552. The van der Waals surface area contributed by atoms with E-state index in [1.54, 1.807) is 12.1 Å². The summed E-state index contributed by atoms with van der Waals surface area (Å²) in [6.45, 7) is 2.27. The van der Waals surface area contributed by atoms with Crippen molar-refractivity contribution in [2.24, 2.45) is 0 Å². The molecular formula is C14H12BrNO2. The maximum absolute atomic E-state index is 10.9. The molecular weight excluding hydrogens is 294 g/mol. The number of pyridine rings is 1. The van der Waals surface area contributed by atoms with Gasteiger partial charge in [-0.05, 0) is 47.1 Å². The van der Waals surface area contributed by atoms with Gasteiger partial charge in [0, 0.05) is 5.69 Å². The quantitative estimate of drug-likeness (QED) is 0.811. The predicted molar refractivity (Wildman–Crippen MR) is 72.8 cm³/mol. The lowest BCUT2D eigenvalue weighted by atomic mass is 10.2. The Morgan fingerprint density at radius 1 is 1.28 bits per heavy atom. The smallest absolute Gasteiger partial charge is 0.153 e. The Bertz CT molecular complexity index is 569. The van der Waals surface area contributed by atoms with E-state index < -0.39 is 0 Å². The van der Waals surface area contributed by atoms with E-state index in [1.165, 1.54) is 0 Å². The number of ether oxygens (including phenoxy) is 1. The fourth-order valence-corrected chi connectivity index (χ4v) is 2.09. The molecule has 1 aromatic carbocycles. The molecule has 18 heavy (non-hydrogen) atoms. The maximum atomic E-state index is 10.9. The molecule has 0 radical (unpaired) electrons. The molecule has 0 saturated heterocycles. The number of para-hydroxylation sites is 1. The molecule has 92 valence electrons. The largest absolute Gasteiger partial charge is 0.485 e. The molecule has 0 aliphatic heterocycles. The van der Waals surface area contributed by atoms with Gasteiger partial charge in [-0.1, -0.05) is 12.1 Å². The molecule has 0 unspecified atom stereocenters. The molecule has 0 bridgehead atoms. The molecule has 3 nitrogen and oxygen atoms in total. The van der Waals surface area contributed by atoms with Crippen molar-refractivity contribution in [1.29, 1.82) is 0 Å². The molecule has 2 aromatic rings. The van der Waals surface area contributed by atoms with Crippen molar-refractivity contribution in [3.63, 3.8) is 0 Å². The Balaban J connectivity index is 2.18. The molecule has 1 aromatic heterocycles. The number of aromatic nitrogens is 1. The van der Waals surface area contributed by atoms with Crippen LogP contribution in [0, 0.1) is 6.92 Å². The third-order valence-electron chi connectivity index (χ3n) is 2.43. The summed E-state index contributed by atoms with van der Waals surface area (Å²) < 4.78 is 6.42. The molecule has 4 heteroatoms. The highest BCUT2D eigenvalue weighted by atomic mass is 79.9. The normalized spacial score (nSPS) is 10.1. The van der Waals surface area contributed by atoms with Crippen LogP contribution in [0.3, 0.4) is 0 Å². The fraction of sp³-hybridized carbons (Fsp3) is 0.143.